The molecule has 0 bridgehead atoms. The van der Waals surface area contributed by atoms with Crippen LogP contribution in [0.2, 0.25) is 0 Å². The third-order valence-corrected chi connectivity index (χ3v) is 7.42. The van der Waals surface area contributed by atoms with Crippen molar-refractivity contribution in [1.82, 2.24) is 0 Å². The monoisotopic (exact) mass is 654 g/mol. The molecule has 4 amide bonds. The summed E-state index contributed by atoms with van der Waals surface area (Å²) in [4.78, 5) is 23.5. The number of rotatable bonds is 8. The minimum Gasteiger partial charge on any atom is -0.308 e. The number of carbonyl (C=O) groups excluding carboxylic acids is 2. The van der Waals surface area contributed by atoms with Gasteiger partial charge >= 0.3 is 12.1 Å². The Bertz CT molecular complexity index is 1740. The predicted octanol–water partition coefficient (Wildman–Crippen LogP) is 4.88. The third-order valence-electron chi connectivity index (χ3n) is 5.60. The van der Waals surface area contributed by atoms with Gasteiger partial charge in [-0.3, -0.25) is 9.11 Å². The van der Waals surface area contributed by atoms with Crippen LogP contribution in [-0.4, -0.2) is 97.1 Å². The summed E-state index contributed by atoms with van der Waals surface area (Å²) < 4.78 is 68.0. The van der Waals surface area contributed by atoms with Gasteiger partial charge in [0.1, 0.15) is 9.79 Å². The molecule has 6 N–H and O–H groups in total. The molecule has 16 heteroatoms. The summed E-state index contributed by atoms with van der Waals surface area (Å²) in [5.74, 6) is 0. The summed E-state index contributed by atoms with van der Waals surface area (Å²) in [7, 11) is -9.57. The maximum Gasteiger partial charge on any atom is 0.323 e. The molecule has 12 nitrogen and oxygen atoms in total. The standard InChI is InChI=1S/C28H24N4O8S2.2Na/c33-27(29-21-7-3-1-4-8-21)31-23-15-13-19(25(17-23)41(35,36)37)11-12-20-14-16-24(18-26(20)42(38,39)40)32-28(34)30-22-9-5-2-6-10-22;;/h1-18H,(H2,29,31,33)(H2,30,32,34)(H,35,36,37)(H,38,39,40);;/b12-11+;;. The van der Waals surface area contributed by atoms with Crippen molar-refractivity contribution in [1.29, 1.82) is 0 Å². The van der Waals surface area contributed by atoms with E-state index >= 15 is 0 Å². The second kappa shape index (κ2) is 16.3. The zero-order valence-electron chi connectivity index (χ0n) is 23.6. The van der Waals surface area contributed by atoms with Crippen molar-refractivity contribution in [2.45, 2.75) is 9.79 Å². The van der Waals surface area contributed by atoms with Crippen molar-refractivity contribution < 1.29 is 35.5 Å². The van der Waals surface area contributed by atoms with Crippen LogP contribution in [0.5, 0.6) is 0 Å². The molecule has 218 valence electrons. The molecular weight excluding hydrogens is 630 g/mol. The van der Waals surface area contributed by atoms with Crippen LogP contribution in [0.1, 0.15) is 11.1 Å². The first kappa shape index (κ1) is 37.2. The normalized spacial score (nSPS) is 11.0. The minimum atomic E-state index is -4.78. The first-order valence-electron chi connectivity index (χ1n) is 12.1. The number of nitrogens with one attached hydrogen (secondary N) is 4. The quantitative estimate of drug-likeness (QED) is 0.0880. The first-order chi connectivity index (χ1) is 19.9. The van der Waals surface area contributed by atoms with Crippen molar-refractivity contribution in [3.63, 3.8) is 0 Å². The van der Waals surface area contributed by atoms with E-state index in [1.54, 1.807) is 60.7 Å². The van der Waals surface area contributed by atoms with Crippen molar-refractivity contribution in [3.8, 4) is 0 Å². The maximum absolute atomic E-state index is 12.3. The van der Waals surface area contributed by atoms with E-state index in [1.807, 2.05) is 0 Å². The van der Waals surface area contributed by atoms with Gasteiger partial charge in [-0.25, -0.2) is 9.59 Å². The van der Waals surface area contributed by atoms with Crippen LogP contribution >= 0.6 is 0 Å². The van der Waals surface area contributed by atoms with Gasteiger partial charge in [0, 0.05) is 81.9 Å². The van der Waals surface area contributed by atoms with Gasteiger partial charge in [0.15, 0.2) is 0 Å². The molecule has 2 radical (unpaired) electrons. The Morgan fingerprint density at radius 3 is 1.14 bits per heavy atom. The molecule has 0 unspecified atom stereocenters. The number of urea groups is 2. The fourth-order valence-corrected chi connectivity index (χ4v) is 5.18. The number of benzene rings is 4. The van der Waals surface area contributed by atoms with Crippen LogP contribution in [0, 0.1) is 0 Å². The van der Waals surface area contributed by atoms with Gasteiger partial charge in [0.2, 0.25) is 0 Å². The van der Waals surface area contributed by atoms with Gasteiger partial charge in [0.05, 0.1) is 0 Å². The van der Waals surface area contributed by atoms with Crippen molar-refractivity contribution in [2.24, 2.45) is 0 Å². The van der Waals surface area contributed by atoms with E-state index < -0.39 is 42.1 Å². The van der Waals surface area contributed by atoms with Crippen LogP contribution in [0.15, 0.2) is 107 Å². The summed E-state index contributed by atoms with van der Waals surface area (Å²) in [6, 6.07) is 23.1. The van der Waals surface area contributed by atoms with Crippen LogP contribution in [-0.2, 0) is 20.2 Å². The third kappa shape index (κ3) is 10.9. The average molecular weight is 655 g/mol. The Morgan fingerprint density at radius 1 is 0.500 bits per heavy atom. The number of hydrogen-bond acceptors (Lipinski definition) is 6. The topological polar surface area (TPSA) is 191 Å². The maximum atomic E-state index is 12.3. The van der Waals surface area contributed by atoms with Gasteiger partial charge in [0.25, 0.3) is 20.2 Å². The molecule has 0 aliphatic carbocycles. The molecule has 44 heavy (non-hydrogen) atoms. The van der Waals surface area contributed by atoms with E-state index in [0.717, 1.165) is 12.1 Å². The molecule has 4 aromatic rings. The fraction of sp³-hybridized carbons (Fsp3) is 0. The van der Waals surface area contributed by atoms with E-state index in [4.69, 9.17) is 0 Å². The van der Waals surface area contributed by atoms with E-state index in [-0.39, 0.29) is 81.6 Å². The van der Waals surface area contributed by atoms with E-state index in [1.165, 1.54) is 36.4 Å². The smallest absolute Gasteiger partial charge is 0.308 e. The van der Waals surface area contributed by atoms with Gasteiger partial charge in [-0.15, -0.1) is 0 Å². The fourth-order valence-electron chi connectivity index (χ4n) is 3.76. The predicted molar refractivity (Wildman–Crippen MR) is 171 cm³/mol. The van der Waals surface area contributed by atoms with E-state index in [9.17, 15) is 35.5 Å². The first-order valence-corrected chi connectivity index (χ1v) is 14.9. The van der Waals surface area contributed by atoms with Crippen molar-refractivity contribution in [2.75, 3.05) is 21.3 Å². The van der Waals surface area contributed by atoms with E-state index in [0.29, 0.717) is 11.4 Å². The Morgan fingerprint density at radius 2 is 0.818 bits per heavy atom. The molecule has 0 aliphatic rings. The second-order valence-corrected chi connectivity index (χ2v) is 11.5. The Kier molecular flexibility index (Phi) is 13.8. The largest absolute Gasteiger partial charge is 0.323 e. The van der Waals surface area contributed by atoms with Crippen LogP contribution in [0.25, 0.3) is 12.2 Å². The minimum absolute atomic E-state index is 0. The van der Waals surface area contributed by atoms with Gasteiger partial charge in [-0.1, -0.05) is 60.7 Å². The molecule has 0 saturated carbocycles. The molecule has 0 atom stereocenters. The van der Waals surface area contributed by atoms with Crippen LogP contribution < -0.4 is 21.3 Å². The number of hydrogen-bond donors (Lipinski definition) is 6. The summed E-state index contributed by atoms with van der Waals surface area (Å²) in [6.45, 7) is 0. The molecule has 4 rings (SSSR count). The molecule has 0 saturated heterocycles. The van der Waals surface area contributed by atoms with Gasteiger partial charge in [-0.05, 0) is 59.7 Å². The number of anilines is 4. The van der Waals surface area contributed by atoms with Crippen molar-refractivity contribution >= 4 is 126 Å². The molecule has 4 aromatic carbocycles. The molecule has 0 fully saturated rings. The zero-order valence-corrected chi connectivity index (χ0v) is 29.2. The second-order valence-electron chi connectivity index (χ2n) is 8.68. The summed E-state index contributed by atoms with van der Waals surface area (Å²) in [5.41, 5.74) is 1.01. The van der Waals surface area contributed by atoms with Crippen LogP contribution in [0.4, 0.5) is 32.3 Å². The van der Waals surface area contributed by atoms with Crippen LogP contribution in [0.3, 0.4) is 0 Å². The zero-order chi connectivity index (χ0) is 30.3. The summed E-state index contributed by atoms with van der Waals surface area (Å²) >= 11 is 0. The Hall–Kier alpha value is -3.02. The summed E-state index contributed by atoms with van der Waals surface area (Å²) in [5, 5.41) is 10.1. The van der Waals surface area contributed by atoms with Crippen molar-refractivity contribution in [3.05, 3.63) is 108 Å². The van der Waals surface area contributed by atoms with E-state index in [2.05, 4.69) is 21.3 Å². The molecule has 0 aliphatic heterocycles. The summed E-state index contributed by atoms with van der Waals surface area (Å²) in [6.07, 6.45) is 2.41. The molecule has 0 heterocycles. The average Bonchev–Trinajstić information content (AvgIpc) is 2.92. The SMILES string of the molecule is O=C(Nc1ccccc1)Nc1ccc(/C=C/c2ccc(NC(=O)Nc3ccccc3)cc2S(=O)(=O)O)c(S(=O)(=O)O)c1.[Na].[Na]. The molecule has 0 aromatic heterocycles. The Balaban J connectivity index is 0.00000337. The van der Waals surface area contributed by atoms with Gasteiger partial charge < -0.3 is 21.3 Å². The number of carbonyl (C=O) groups is 2. The molecule has 0 spiro atoms. The number of para-hydroxylation sites is 2. The molecular formula is C28H24N4Na2O8S2. The number of amides is 4. The Labute approximate surface area is 298 Å². The van der Waals surface area contributed by atoms with Gasteiger partial charge in [-0.2, -0.15) is 16.8 Å².